The van der Waals surface area contributed by atoms with Crippen molar-refractivity contribution in [3.8, 4) is 5.75 Å². The number of hydrogen-bond donors (Lipinski definition) is 2. The van der Waals surface area contributed by atoms with Crippen molar-refractivity contribution >= 4 is 24.0 Å². The molecule has 0 heterocycles. The summed E-state index contributed by atoms with van der Waals surface area (Å²) in [6.45, 7) is 2.96. The molecule has 2 atom stereocenters. The number of carbonyl (C=O) groups is 1. The molecule has 2 unspecified atom stereocenters. The van der Waals surface area contributed by atoms with Gasteiger partial charge in [0, 0.05) is 19.1 Å². The van der Waals surface area contributed by atoms with Crippen LogP contribution in [0, 0.1) is 12.8 Å². The lowest BCUT2D eigenvalue weighted by atomic mass is 10.1. The number of ether oxygens (including phenoxy) is 2. The van der Waals surface area contributed by atoms with Crippen LogP contribution in [0.4, 0.5) is 5.69 Å². The highest BCUT2D eigenvalue weighted by Crippen LogP contribution is 2.29. The molecule has 22 heavy (non-hydrogen) atoms. The summed E-state index contributed by atoms with van der Waals surface area (Å²) >= 11 is 0. The minimum atomic E-state index is 0. The lowest BCUT2D eigenvalue weighted by molar-refractivity contribution is -0.119. The maximum absolute atomic E-state index is 12.3. The second kappa shape index (κ2) is 8.98. The van der Waals surface area contributed by atoms with Crippen molar-refractivity contribution in [2.45, 2.75) is 32.2 Å². The normalized spacial score (nSPS) is 20.3. The number of carbonyl (C=O) groups excluding carboxylic acids is 1. The zero-order valence-corrected chi connectivity index (χ0v) is 13.9. The van der Waals surface area contributed by atoms with Gasteiger partial charge in [0.25, 0.3) is 0 Å². The van der Waals surface area contributed by atoms with Crippen molar-refractivity contribution in [1.29, 1.82) is 0 Å². The molecule has 1 amide bonds. The summed E-state index contributed by atoms with van der Waals surface area (Å²) in [4.78, 5) is 12.3. The second-order valence-corrected chi connectivity index (χ2v) is 5.60. The first-order valence-corrected chi connectivity index (χ1v) is 7.39. The van der Waals surface area contributed by atoms with E-state index in [1.165, 1.54) is 0 Å². The molecule has 124 valence electrons. The monoisotopic (exact) mass is 328 g/mol. The summed E-state index contributed by atoms with van der Waals surface area (Å²) in [6.07, 6.45) is 2.54. The number of hydrogen-bond acceptors (Lipinski definition) is 4. The van der Waals surface area contributed by atoms with E-state index in [2.05, 4.69) is 5.32 Å². The van der Waals surface area contributed by atoms with Crippen LogP contribution in [-0.4, -0.2) is 32.3 Å². The molecule has 6 heteroatoms. The van der Waals surface area contributed by atoms with E-state index in [0.29, 0.717) is 24.7 Å². The molecule has 2 rings (SSSR count). The fraction of sp³-hybridized carbons (Fsp3) is 0.562. The van der Waals surface area contributed by atoms with Gasteiger partial charge in [0.2, 0.25) is 5.91 Å². The number of amides is 1. The maximum atomic E-state index is 12.3. The standard InChI is InChI=1S/C16H24N2O3.ClH/c1-11-3-6-14(15(9-11)21-8-7-20-2)18-16(19)12-4-5-13(17)10-12;/h3,6,9,12-13H,4-5,7-8,10,17H2,1-2H3,(H,18,19);1H. The van der Waals surface area contributed by atoms with Crippen LogP contribution >= 0.6 is 12.4 Å². The molecular weight excluding hydrogens is 304 g/mol. The van der Waals surface area contributed by atoms with E-state index >= 15 is 0 Å². The Balaban J connectivity index is 0.00000242. The van der Waals surface area contributed by atoms with Crippen molar-refractivity contribution in [3.63, 3.8) is 0 Å². The third-order valence-electron chi connectivity index (χ3n) is 3.78. The molecule has 1 aliphatic rings. The molecular formula is C16H25ClN2O3. The number of nitrogens with two attached hydrogens (primary N) is 1. The Morgan fingerprint density at radius 1 is 1.36 bits per heavy atom. The van der Waals surface area contributed by atoms with Gasteiger partial charge in [0.05, 0.1) is 12.3 Å². The summed E-state index contributed by atoms with van der Waals surface area (Å²) in [5.41, 5.74) is 7.67. The number of rotatable bonds is 6. The van der Waals surface area contributed by atoms with Gasteiger partial charge in [-0.3, -0.25) is 4.79 Å². The van der Waals surface area contributed by atoms with Gasteiger partial charge < -0.3 is 20.5 Å². The van der Waals surface area contributed by atoms with Crippen LogP contribution in [-0.2, 0) is 9.53 Å². The van der Waals surface area contributed by atoms with Gasteiger partial charge in [-0.2, -0.15) is 0 Å². The van der Waals surface area contributed by atoms with E-state index in [1.807, 2.05) is 25.1 Å². The molecule has 5 nitrogen and oxygen atoms in total. The summed E-state index contributed by atoms with van der Waals surface area (Å²) in [5.74, 6) is 0.721. The van der Waals surface area contributed by atoms with Gasteiger partial charge in [-0.25, -0.2) is 0 Å². The third kappa shape index (κ3) is 5.16. The number of benzene rings is 1. The van der Waals surface area contributed by atoms with Crippen LogP contribution in [0.1, 0.15) is 24.8 Å². The first-order valence-electron chi connectivity index (χ1n) is 7.39. The predicted octanol–water partition coefficient (Wildman–Crippen LogP) is 2.51. The smallest absolute Gasteiger partial charge is 0.227 e. The van der Waals surface area contributed by atoms with Crippen LogP contribution in [0.25, 0.3) is 0 Å². The predicted molar refractivity (Wildman–Crippen MR) is 89.7 cm³/mol. The zero-order valence-electron chi connectivity index (χ0n) is 13.1. The Morgan fingerprint density at radius 3 is 2.77 bits per heavy atom. The molecule has 0 saturated heterocycles. The summed E-state index contributed by atoms with van der Waals surface area (Å²) in [5, 5.41) is 2.97. The van der Waals surface area contributed by atoms with Gasteiger partial charge >= 0.3 is 0 Å². The number of nitrogens with one attached hydrogen (secondary N) is 1. The summed E-state index contributed by atoms with van der Waals surface area (Å²) in [6, 6.07) is 5.91. The second-order valence-electron chi connectivity index (χ2n) is 5.60. The number of anilines is 1. The van der Waals surface area contributed by atoms with E-state index < -0.39 is 0 Å². The van der Waals surface area contributed by atoms with Gasteiger partial charge in [-0.15, -0.1) is 12.4 Å². The number of halogens is 1. The van der Waals surface area contributed by atoms with Crippen LogP contribution in [0.2, 0.25) is 0 Å². The Kier molecular flexibility index (Phi) is 7.65. The van der Waals surface area contributed by atoms with Crippen molar-refractivity contribution in [2.75, 3.05) is 25.6 Å². The Morgan fingerprint density at radius 2 is 2.14 bits per heavy atom. The topological polar surface area (TPSA) is 73.6 Å². The fourth-order valence-electron chi connectivity index (χ4n) is 2.58. The molecule has 0 aromatic heterocycles. The lowest BCUT2D eigenvalue weighted by Crippen LogP contribution is -2.23. The van der Waals surface area contributed by atoms with Gasteiger partial charge in [-0.05, 0) is 43.9 Å². The van der Waals surface area contributed by atoms with Gasteiger partial charge in [0.15, 0.2) is 0 Å². The first kappa shape index (κ1) is 18.7. The van der Waals surface area contributed by atoms with E-state index in [4.69, 9.17) is 15.2 Å². The lowest BCUT2D eigenvalue weighted by Gasteiger charge is -2.15. The molecule has 1 aliphatic carbocycles. The first-order chi connectivity index (χ1) is 10.1. The Bertz CT molecular complexity index is 496. The molecule has 1 aromatic rings. The quantitative estimate of drug-likeness (QED) is 0.787. The minimum Gasteiger partial charge on any atom is -0.489 e. The van der Waals surface area contributed by atoms with Crippen molar-refractivity contribution in [3.05, 3.63) is 23.8 Å². The van der Waals surface area contributed by atoms with Crippen molar-refractivity contribution < 1.29 is 14.3 Å². The average molecular weight is 329 g/mol. The molecule has 0 radical (unpaired) electrons. The number of methoxy groups -OCH3 is 1. The van der Waals surface area contributed by atoms with Gasteiger partial charge in [0.1, 0.15) is 12.4 Å². The zero-order chi connectivity index (χ0) is 15.2. The molecule has 1 saturated carbocycles. The fourth-order valence-corrected chi connectivity index (χ4v) is 2.58. The highest BCUT2D eigenvalue weighted by molar-refractivity contribution is 5.94. The van der Waals surface area contributed by atoms with Crippen LogP contribution in [0.15, 0.2) is 18.2 Å². The average Bonchev–Trinajstić information content (AvgIpc) is 2.88. The van der Waals surface area contributed by atoms with Crippen LogP contribution in [0.5, 0.6) is 5.75 Å². The van der Waals surface area contributed by atoms with E-state index in [0.717, 1.165) is 24.8 Å². The van der Waals surface area contributed by atoms with Crippen molar-refractivity contribution in [2.24, 2.45) is 11.7 Å². The molecule has 0 spiro atoms. The Hall–Kier alpha value is -1.30. The van der Waals surface area contributed by atoms with E-state index in [1.54, 1.807) is 7.11 Å². The highest BCUT2D eigenvalue weighted by atomic mass is 35.5. The molecule has 3 N–H and O–H groups in total. The summed E-state index contributed by atoms with van der Waals surface area (Å²) in [7, 11) is 1.63. The minimum absolute atomic E-state index is 0. The Labute approximate surface area is 138 Å². The van der Waals surface area contributed by atoms with E-state index in [9.17, 15) is 4.79 Å². The van der Waals surface area contributed by atoms with Gasteiger partial charge in [-0.1, -0.05) is 6.07 Å². The largest absolute Gasteiger partial charge is 0.489 e. The number of aryl methyl sites for hydroxylation is 1. The van der Waals surface area contributed by atoms with Crippen LogP contribution < -0.4 is 15.8 Å². The molecule has 0 aliphatic heterocycles. The molecule has 1 aromatic carbocycles. The van der Waals surface area contributed by atoms with Crippen LogP contribution in [0.3, 0.4) is 0 Å². The van der Waals surface area contributed by atoms with E-state index in [-0.39, 0.29) is 30.3 Å². The molecule has 1 fully saturated rings. The maximum Gasteiger partial charge on any atom is 0.227 e. The molecule has 0 bridgehead atoms. The third-order valence-corrected chi connectivity index (χ3v) is 3.78. The van der Waals surface area contributed by atoms with Crippen molar-refractivity contribution in [1.82, 2.24) is 0 Å². The SMILES string of the molecule is COCCOc1cc(C)ccc1NC(=O)C1CCC(N)C1.Cl. The highest BCUT2D eigenvalue weighted by Gasteiger charge is 2.28. The summed E-state index contributed by atoms with van der Waals surface area (Å²) < 4.78 is 10.7.